The van der Waals surface area contributed by atoms with Gasteiger partial charge in [-0.25, -0.2) is 18.4 Å². The van der Waals surface area contributed by atoms with Gasteiger partial charge in [-0.3, -0.25) is 4.79 Å². The van der Waals surface area contributed by atoms with Crippen LogP contribution in [0.15, 0.2) is 65.8 Å². The molecule has 3 heterocycles. The zero-order valence-electron chi connectivity index (χ0n) is 16.8. The molecule has 162 valence electrons. The van der Waals surface area contributed by atoms with E-state index in [0.717, 1.165) is 17.3 Å². The number of hydrogen-bond donors (Lipinski definition) is 0. The van der Waals surface area contributed by atoms with Gasteiger partial charge < -0.3 is 4.90 Å². The number of benzene rings is 2. The van der Waals surface area contributed by atoms with Crippen LogP contribution in [0.4, 0.5) is 0 Å². The van der Waals surface area contributed by atoms with Gasteiger partial charge in [0.05, 0.1) is 17.3 Å². The zero-order valence-corrected chi connectivity index (χ0v) is 18.5. The maximum Gasteiger partial charge on any atom is 0.257 e. The summed E-state index contributed by atoms with van der Waals surface area (Å²) >= 11 is 0.984. The van der Waals surface area contributed by atoms with Gasteiger partial charge in [-0.1, -0.05) is 36.4 Å². The fourth-order valence-corrected chi connectivity index (χ4v) is 5.79. The summed E-state index contributed by atoms with van der Waals surface area (Å²) in [6.07, 6.45) is 3.02. The molecule has 0 bridgehead atoms. The van der Waals surface area contributed by atoms with E-state index in [0.29, 0.717) is 22.4 Å². The van der Waals surface area contributed by atoms with Crippen molar-refractivity contribution in [2.75, 3.05) is 26.2 Å². The highest BCUT2D eigenvalue weighted by Crippen LogP contribution is 2.25. The maximum absolute atomic E-state index is 13.2. The lowest BCUT2D eigenvalue weighted by Crippen LogP contribution is -2.50. The summed E-state index contributed by atoms with van der Waals surface area (Å²) < 4.78 is 36.0. The molecular weight excluding hydrogens is 448 g/mol. The summed E-state index contributed by atoms with van der Waals surface area (Å²) in [5, 5.41) is 0. The van der Waals surface area contributed by atoms with Crippen molar-refractivity contribution in [2.24, 2.45) is 0 Å². The smallest absolute Gasteiger partial charge is 0.257 e. The Morgan fingerprint density at radius 1 is 0.875 bits per heavy atom. The third-order valence-electron chi connectivity index (χ3n) is 5.32. The van der Waals surface area contributed by atoms with Crippen molar-refractivity contribution in [1.29, 1.82) is 0 Å². The number of carbonyl (C=O) groups excluding carboxylic acids is 1. The van der Waals surface area contributed by atoms with Crippen molar-refractivity contribution in [3.63, 3.8) is 0 Å². The van der Waals surface area contributed by atoms with Crippen LogP contribution in [-0.4, -0.2) is 68.4 Å². The Balaban J connectivity index is 1.28. The molecule has 1 aliphatic heterocycles. The van der Waals surface area contributed by atoms with Crippen molar-refractivity contribution >= 4 is 38.7 Å². The Bertz CT molecular complexity index is 1370. The van der Waals surface area contributed by atoms with Gasteiger partial charge in [-0.15, -0.1) is 0 Å². The van der Waals surface area contributed by atoms with E-state index in [1.54, 1.807) is 23.1 Å². The highest BCUT2D eigenvalue weighted by molar-refractivity contribution is 7.89. The number of rotatable bonds is 4. The number of sulfonamides is 1. The van der Waals surface area contributed by atoms with Crippen LogP contribution in [0, 0.1) is 0 Å². The van der Waals surface area contributed by atoms with Crippen LogP contribution in [0.5, 0.6) is 0 Å². The Morgan fingerprint density at radius 2 is 1.59 bits per heavy atom. The third-order valence-corrected chi connectivity index (χ3v) is 7.80. The SMILES string of the molecule is O=C(c1cnc(-c2ccccc2)nc1)N1CCN(S(=O)(=O)c2cccc3nsnc23)CC1. The molecule has 1 saturated heterocycles. The zero-order chi connectivity index (χ0) is 22.1. The summed E-state index contributed by atoms with van der Waals surface area (Å²) in [6.45, 7) is 0.962. The molecule has 2 aromatic heterocycles. The second-order valence-electron chi connectivity index (χ2n) is 7.25. The molecular formula is C21H18N6O3S2. The minimum atomic E-state index is -3.73. The Morgan fingerprint density at radius 3 is 2.31 bits per heavy atom. The Labute approximate surface area is 188 Å². The lowest BCUT2D eigenvalue weighted by atomic mass is 10.2. The fraction of sp³-hybridized carbons (Fsp3) is 0.190. The van der Waals surface area contributed by atoms with Gasteiger partial charge in [-0.2, -0.15) is 13.1 Å². The minimum Gasteiger partial charge on any atom is -0.336 e. The van der Waals surface area contributed by atoms with Crippen LogP contribution in [0.25, 0.3) is 22.4 Å². The van der Waals surface area contributed by atoms with E-state index in [9.17, 15) is 13.2 Å². The van der Waals surface area contributed by atoms with Gasteiger partial charge in [0.2, 0.25) is 10.0 Å². The normalized spacial score (nSPS) is 15.2. The largest absolute Gasteiger partial charge is 0.336 e. The maximum atomic E-state index is 13.2. The van der Waals surface area contributed by atoms with E-state index in [1.807, 2.05) is 30.3 Å². The second-order valence-corrected chi connectivity index (χ2v) is 9.68. The van der Waals surface area contributed by atoms with Crippen molar-refractivity contribution in [3.8, 4) is 11.4 Å². The molecule has 32 heavy (non-hydrogen) atoms. The van der Waals surface area contributed by atoms with E-state index >= 15 is 0 Å². The number of fused-ring (bicyclic) bond motifs is 1. The molecule has 9 nitrogen and oxygen atoms in total. The monoisotopic (exact) mass is 466 g/mol. The Hall–Kier alpha value is -3.28. The van der Waals surface area contributed by atoms with Crippen LogP contribution < -0.4 is 0 Å². The number of aromatic nitrogens is 4. The van der Waals surface area contributed by atoms with Crippen LogP contribution in [0.1, 0.15) is 10.4 Å². The van der Waals surface area contributed by atoms with Crippen LogP contribution in [0.3, 0.4) is 0 Å². The summed E-state index contributed by atoms with van der Waals surface area (Å²) in [4.78, 5) is 23.3. The summed E-state index contributed by atoms with van der Waals surface area (Å²) in [6, 6.07) is 14.5. The number of piperazine rings is 1. The number of amides is 1. The molecule has 0 N–H and O–H groups in total. The number of nitrogens with zero attached hydrogens (tertiary/aromatic N) is 6. The topological polar surface area (TPSA) is 109 Å². The number of carbonyl (C=O) groups is 1. The standard InChI is InChI=1S/C21H18N6O3S2/c28-21(16-13-22-20(23-14-16)15-5-2-1-3-6-15)26-9-11-27(12-10-26)32(29,30)18-8-4-7-17-19(18)25-31-24-17/h1-8,13-14H,9-12H2. The molecule has 4 aromatic rings. The van der Waals surface area contributed by atoms with Gasteiger partial charge >= 0.3 is 0 Å². The first-order valence-electron chi connectivity index (χ1n) is 9.92. The minimum absolute atomic E-state index is 0.147. The first-order valence-corrected chi connectivity index (χ1v) is 12.1. The predicted octanol–water partition coefficient (Wildman–Crippen LogP) is 2.29. The molecule has 0 saturated carbocycles. The molecule has 5 rings (SSSR count). The first-order chi connectivity index (χ1) is 15.5. The molecule has 0 atom stereocenters. The van der Waals surface area contributed by atoms with E-state index in [2.05, 4.69) is 18.7 Å². The lowest BCUT2D eigenvalue weighted by molar-refractivity contribution is 0.0697. The highest BCUT2D eigenvalue weighted by atomic mass is 32.2. The van der Waals surface area contributed by atoms with E-state index in [-0.39, 0.29) is 37.0 Å². The lowest BCUT2D eigenvalue weighted by Gasteiger charge is -2.34. The van der Waals surface area contributed by atoms with Crippen LogP contribution in [-0.2, 0) is 10.0 Å². The average molecular weight is 467 g/mol. The van der Waals surface area contributed by atoms with E-state index < -0.39 is 10.0 Å². The fourth-order valence-electron chi connectivity index (χ4n) is 3.62. The summed E-state index contributed by atoms with van der Waals surface area (Å²) in [5.74, 6) is 0.330. The molecule has 0 radical (unpaired) electrons. The van der Waals surface area contributed by atoms with Gasteiger partial charge in [0.1, 0.15) is 15.9 Å². The number of hydrogen-bond acceptors (Lipinski definition) is 8. The second kappa shape index (κ2) is 8.34. The van der Waals surface area contributed by atoms with Gasteiger partial charge in [0, 0.05) is 44.1 Å². The summed E-state index contributed by atoms with van der Waals surface area (Å²) in [7, 11) is -3.73. The molecule has 2 aromatic carbocycles. The van der Waals surface area contributed by atoms with E-state index in [4.69, 9.17) is 0 Å². The van der Waals surface area contributed by atoms with Crippen LogP contribution in [0.2, 0.25) is 0 Å². The molecule has 1 amide bonds. The average Bonchev–Trinajstić information content (AvgIpc) is 3.33. The van der Waals surface area contributed by atoms with Gasteiger partial charge in [-0.05, 0) is 12.1 Å². The Kier molecular flexibility index (Phi) is 5.37. The first kappa shape index (κ1) is 20.6. The van der Waals surface area contributed by atoms with Crippen molar-refractivity contribution in [1.82, 2.24) is 27.9 Å². The quantitative estimate of drug-likeness (QED) is 0.454. The van der Waals surface area contributed by atoms with Crippen molar-refractivity contribution in [2.45, 2.75) is 4.90 Å². The molecule has 0 spiro atoms. The summed E-state index contributed by atoms with van der Waals surface area (Å²) in [5.41, 5.74) is 2.19. The van der Waals surface area contributed by atoms with Crippen LogP contribution >= 0.6 is 11.7 Å². The van der Waals surface area contributed by atoms with E-state index in [1.165, 1.54) is 16.7 Å². The molecule has 0 unspecified atom stereocenters. The molecule has 11 heteroatoms. The molecule has 0 aliphatic carbocycles. The molecule has 1 aliphatic rings. The highest BCUT2D eigenvalue weighted by Gasteiger charge is 2.32. The van der Waals surface area contributed by atoms with Gasteiger partial charge in [0.25, 0.3) is 5.91 Å². The van der Waals surface area contributed by atoms with Crippen molar-refractivity contribution < 1.29 is 13.2 Å². The molecule has 1 fully saturated rings. The van der Waals surface area contributed by atoms with Gasteiger partial charge in [0.15, 0.2) is 5.82 Å². The van der Waals surface area contributed by atoms with Crippen molar-refractivity contribution in [3.05, 3.63) is 66.5 Å². The predicted molar refractivity (Wildman–Crippen MR) is 120 cm³/mol. The third kappa shape index (κ3) is 3.74.